The lowest BCUT2D eigenvalue weighted by atomic mass is 9.86. The molecular weight excluding hydrogens is 292 g/mol. The molecule has 0 aromatic heterocycles. The third kappa shape index (κ3) is 5.70. The highest BCUT2D eigenvalue weighted by atomic mass is 16.7. The number of fused-ring (bicyclic) bond motifs is 1. The Morgan fingerprint density at radius 3 is 2.70 bits per heavy atom. The largest absolute Gasteiger partial charge is 0.361 e. The minimum Gasteiger partial charge on any atom is -0.361 e. The van der Waals surface area contributed by atoms with Gasteiger partial charge in [-0.1, -0.05) is 26.0 Å². The molecule has 132 valence electrons. The quantitative estimate of drug-likeness (QED) is 0.424. The maximum atomic E-state index is 12.2. The number of carbonyl (C=O) groups excluding carboxylic acids is 1. The Labute approximate surface area is 140 Å². The Morgan fingerprint density at radius 2 is 2.04 bits per heavy atom. The molecule has 4 nitrogen and oxygen atoms in total. The SMILES string of the molecule is CCOC(C)(C)OCC1C=CC(C(C)C)CCC(=O)C2OC2C1. The molecule has 2 rings (SSSR count). The molecule has 0 aromatic carbocycles. The highest BCUT2D eigenvalue weighted by molar-refractivity contribution is 5.85. The van der Waals surface area contributed by atoms with Gasteiger partial charge in [-0.15, -0.1) is 0 Å². The van der Waals surface area contributed by atoms with Crippen LogP contribution in [0.3, 0.4) is 0 Å². The lowest BCUT2D eigenvalue weighted by Gasteiger charge is -2.27. The molecule has 0 saturated carbocycles. The van der Waals surface area contributed by atoms with Crippen molar-refractivity contribution in [2.24, 2.45) is 17.8 Å². The van der Waals surface area contributed by atoms with Gasteiger partial charge in [-0.3, -0.25) is 4.79 Å². The van der Waals surface area contributed by atoms with Crippen molar-refractivity contribution in [1.82, 2.24) is 0 Å². The fraction of sp³-hybridized carbons (Fsp3) is 0.842. The molecule has 0 bridgehead atoms. The molecule has 23 heavy (non-hydrogen) atoms. The van der Waals surface area contributed by atoms with E-state index in [9.17, 15) is 4.79 Å². The van der Waals surface area contributed by atoms with Crippen LogP contribution in [-0.4, -0.2) is 37.0 Å². The van der Waals surface area contributed by atoms with Gasteiger partial charge in [0.05, 0.1) is 12.7 Å². The summed E-state index contributed by atoms with van der Waals surface area (Å²) in [6.45, 7) is 11.5. The minimum atomic E-state index is -0.574. The highest BCUT2D eigenvalue weighted by Gasteiger charge is 2.45. The van der Waals surface area contributed by atoms with E-state index in [0.29, 0.717) is 31.5 Å². The van der Waals surface area contributed by atoms with Crippen molar-refractivity contribution in [3.8, 4) is 0 Å². The van der Waals surface area contributed by atoms with Crippen LogP contribution < -0.4 is 0 Å². The molecule has 0 N–H and O–H groups in total. The Kier molecular flexibility index (Phi) is 6.40. The van der Waals surface area contributed by atoms with Crippen LogP contribution >= 0.6 is 0 Å². The van der Waals surface area contributed by atoms with Crippen molar-refractivity contribution in [3.05, 3.63) is 12.2 Å². The van der Waals surface area contributed by atoms with E-state index in [2.05, 4.69) is 26.0 Å². The van der Waals surface area contributed by atoms with Gasteiger partial charge in [-0.2, -0.15) is 0 Å². The number of ketones is 1. The van der Waals surface area contributed by atoms with Crippen molar-refractivity contribution in [1.29, 1.82) is 0 Å². The first kappa shape index (κ1) is 18.6. The molecule has 0 radical (unpaired) electrons. The zero-order valence-electron chi connectivity index (χ0n) is 15.2. The van der Waals surface area contributed by atoms with Gasteiger partial charge in [0, 0.05) is 18.9 Å². The summed E-state index contributed by atoms with van der Waals surface area (Å²) in [7, 11) is 0. The van der Waals surface area contributed by atoms with Gasteiger partial charge in [0.1, 0.15) is 6.10 Å². The van der Waals surface area contributed by atoms with Gasteiger partial charge < -0.3 is 14.2 Å². The average molecular weight is 324 g/mol. The predicted octanol–water partition coefficient (Wildman–Crippen LogP) is 3.74. The number of carbonyl (C=O) groups is 1. The van der Waals surface area contributed by atoms with Crippen LogP contribution in [0, 0.1) is 17.8 Å². The second-order valence-corrected chi connectivity index (χ2v) is 7.53. The monoisotopic (exact) mass is 324 g/mol. The van der Waals surface area contributed by atoms with Gasteiger partial charge in [-0.25, -0.2) is 0 Å². The molecule has 1 aliphatic heterocycles. The number of rotatable bonds is 6. The van der Waals surface area contributed by atoms with Crippen LogP contribution in [0.1, 0.15) is 53.9 Å². The van der Waals surface area contributed by atoms with Gasteiger partial charge in [0.25, 0.3) is 0 Å². The summed E-state index contributed by atoms with van der Waals surface area (Å²) in [5.41, 5.74) is 0. The van der Waals surface area contributed by atoms with E-state index in [1.54, 1.807) is 0 Å². The Hall–Kier alpha value is -0.710. The zero-order chi connectivity index (χ0) is 17.0. The summed E-state index contributed by atoms with van der Waals surface area (Å²) in [4.78, 5) is 12.2. The molecule has 4 heteroatoms. The number of ether oxygens (including phenoxy) is 3. The first-order chi connectivity index (χ1) is 10.8. The standard InChI is InChI=1S/C19H32O4/c1-6-21-19(4,5)22-12-14-7-8-15(13(2)3)9-10-16(20)18-17(11-14)23-18/h7-8,13-15,17-18H,6,9-12H2,1-5H3. The van der Waals surface area contributed by atoms with Crippen molar-refractivity contribution in [2.75, 3.05) is 13.2 Å². The van der Waals surface area contributed by atoms with Gasteiger partial charge in [-0.05, 0) is 45.4 Å². The molecular formula is C19H32O4. The van der Waals surface area contributed by atoms with E-state index in [1.165, 1.54) is 0 Å². The number of Topliss-reactive ketones (excluding diaryl/α,β-unsaturated/α-hetero) is 1. The molecule has 2 aliphatic rings. The number of hydrogen-bond donors (Lipinski definition) is 0. The molecule has 4 atom stereocenters. The van der Waals surface area contributed by atoms with E-state index in [0.717, 1.165) is 12.8 Å². The van der Waals surface area contributed by atoms with E-state index in [-0.39, 0.29) is 23.9 Å². The van der Waals surface area contributed by atoms with Gasteiger partial charge in [0.2, 0.25) is 0 Å². The minimum absolute atomic E-state index is 0.0755. The smallest absolute Gasteiger partial charge is 0.164 e. The lowest BCUT2D eigenvalue weighted by molar-refractivity contribution is -0.215. The molecule has 1 saturated heterocycles. The zero-order valence-corrected chi connectivity index (χ0v) is 15.2. The Morgan fingerprint density at radius 1 is 1.30 bits per heavy atom. The summed E-state index contributed by atoms with van der Waals surface area (Å²) in [5, 5.41) is 0. The Balaban J connectivity index is 2.01. The summed E-state index contributed by atoms with van der Waals surface area (Å²) in [5.74, 6) is 0.934. The maximum Gasteiger partial charge on any atom is 0.164 e. The normalized spacial score (nSPS) is 32.0. The molecule has 0 amide bonds. The predicted molar refractivity (Wildman–Crippen MR) is 90.1 cm³/mol. The molecule has 4 unspecified atom stereocenters. The highest BCUT2D eigenvalue weighted by Crippen LogP contribution is 2.34. The van der Waals surface area contributed by atoms with Crippen LogP contribution in [0.5, 0.6) is 0 Å². The van der Waals surface area contributed by atoms with E-state index < -0.39 is 5.79 Å². The Bertz CT molecular complexity index is 427. The second-order valence-electron chi connectivity index (χ2n) is 7.53. The van der Waals surface area contributed by atoms with Crippen LogP contribution in [0.25, 0.3) is 0 Å². The average Bonchev–Trinajstić information content (AvgIpc) is 3.23. The van der Waals surface area contributed by atoms with E-state index in [1.807, 2.05) is 20.8 Å². The fourth-order valence-electron chi connectivity index (χ4n) is 3.21. The molecule has 1 fully saturated rings. The number of allylic oxidation sites excluding steroid dienone is 1. The van der Waals surface area contributed by atoms with Crippen molar-refractivity contribution in [2.45, 2.75) is 71.9 Å². The lowest BCUT2D eigenvalue weighted by Crippen LogP contribution is -2.31. The molecule has 1 aliphatic carbocycles. The summed E-state index contributed by atoms with van der Waals surface area (Å²) >= 11 is 0. The number of epoxide rings is 1. The first-order valence-corrected chi connectivity index (χ1v) is 8.96. The van der Waals surface area contributed by atoms with Crippen LogP contribution in [-0.2, 0) is 19.0 Å². The van der Waals surface area contributed by atoms with Crippen molar-refractivity contribution in [3.63, 3.8) is 0 Å². The summed E-state index contributed by atoms with van der Waals surface area (Å²) in [6.07, 6.45) is 6.84. The molecule has 0 spiro atoms. The third-order valence-corrected chi connectivity index (χ3v) is 4.78. The molecule has 1 heterocycles. The summed E-state index contributed by atoms with van der Waals surface area (Å²) < 4.78 is 17.2. The van der Waals surface area contributed by atoms with Gasteiger partial charge >= 0.3 is 0 Å². The molecule has 0 aromatic rings. The van der Waals surface area contributed by atoms with Crippen LogP contribution in [0.15, 0.2) is 12.2 Å². The summed E-state index contributed by atoms with van der Waals surface area (Å²) in [6, 6.07) is 0. The van der Waals surface area contributed by atoms with E-state index >= 15 is 0 Å². The maximum absolute atomic E-state index is 12.2. The third-order valence-electron chi connectivity index (χ3n) is 4.78. The fourth-order valence-corrected chi connectivity index (χ4v) is 3.21. The first-order valence-electron chi connectivity index (χ1n) is 8.96. The van der Waals surface area contributed by atoms with E-state index in [4.69, 9.17) is 14.2 Å². The topological polar surface area (TPSA) is 48.1 Å². The van der Waals surface area contributed by atoms with Gasteiger partial charge in [0.15, 0.2) is 11.6 Å². The van der Waals surface area contributed by atoms with Crippen molar-refractivity contribution >= 4 is 5.78 Å². The van der Waals surface area contributed by atoms with Crippen molar-refractivity contribution < 1.29 is 19.0 Å². The number of hydrogen-bond acceptors (Lipinski definition) is 4. The van der Waals surface area contributed by atoms with Crippen LogP contribution in [0.2, 0.25) is 0 Å². The van der Waals surface area contributed by atoms with Crippen LogP contribution in [0.4, 0.5) is 0 Å². The second kappa shape index (κ2) is 7.91.